The van der Waals surface area contributed by atoms with Crippen LogP contribution in [0, 0.1) is 11.6 Å². The van der Waals surface area contributed by atoms with Crippen molar-refractivity contribution >= 4 is 11.8 Å². The van der Waals surface area contributed by atoms with Crippen LogP contribution in [0.15, 0.2) is 18.2 Å². The minimum atomic E-state index is -0.694. The van der Waals surface area contributed by atoms with Crippen molar-refractivity contribution in [3.05, 3.63) is 35.4 Å². The smallest absolute Gasteiger partial charge is 0.252 e. The Hall–Kier alpha value is -2.02. The molecule has 1 heterocycles. The zero-order chi connectivity index (χ0) is 17.7. The topological polar surface area (TPSA) is 49.9 Å². The maximum absolute atomic E-state index is 13.7. The van der Waals surface area contributed by atoms with Gasteiger partial charge in [0.25, 0.3) is 5.91 Å². The van der Waals surface area contributed by atoms with Crippen molar-refractivity contribution in [2.75, 3.05) is 27.2 Å². The lowest BCUT2D eigenvalue weighted by atomic mass is 10.2. The Morgan fingerprint density at radius 2 is 2.00 bits per heavy atom. The molecule has 1 unspecified atom stereocenters. The fraction of sp³-hybridized carbons (Fsp3) is 0.529. The molecule has 0 bridgehead atoms. The van der Waals surface area contributed by atoms with E-state index >= 15 is 0 Å². The molecule has 2 rings (SSSR count). The number of benzene rings is 1. The minimum absolute atomic E-state index is 0.120. The molecule has 132 valence electrons. The molecule has 1 aromatic rings. The summed E-state index contributed by atoms with van der Waals surface area (Å²) in [5.74, 6) is -1.98. The quantitative estimate of drug-likeness (QED) is 0.823. The van der Waals surface area contributed by atoms with Gasteiger partial charge < -0.3 is 14.5 Å². The van der Waals surface area contributed by atoms with E-state index in [4.69, 9.17) is 4.74 Å². The molecular formula is C17H22F2N2O3. The molecule has 0 N–H and O–H groups in total. The monoisotopic (exact) mass is 340 g/mol. The van der Waals surface area contributed by atoms with Crippen LogP contribution in [0.4, 0.5) is 8.78 Å². The first-order valence-corrected chi connectivity index (χ1v) is 7.92. The van der Waals surface area contributed by atoms with Crippen molar-refractivity contribution in [2.24, 2.45) is 0 Å². The number of hydrogen-bond acceptors (Lipinski definition) is 3. The van der Waals surface area contributed by atoms with Crippen LogP contribution >= 0.6 is 0 Å². The van der Waals surface area contributed by atoms with Crippen LogP contribution in [0.1, 0.15) is 24.8 Å². The third-order valence-corrected chi connectivity index (χ3v) is 4.22. The van der Waals surface area contributed by atoms with Gasteiger partial charge in [0.2, 0.25) is 5.91 Å². The van der Waals surface area contributed by atoms with Gasteiger partial charge in [0.1, 0.15) is 17.7 Å². The molecule has 0 aliphatic carbocycles. The van der Waals surface area contributed by atoms with Gasteiger partial charge in [-0.05, 0) is 31.4 Å². The molecule has 1 aliphatic heterocycles. The highest BCUT2D eigenvalue weighted by molar-refractivity contribution is 5.87. The van der Waals surface area contributed by atoms with Crippen LogP contribution in [0.25, 0.3) is 0 Å². The second-order valence-corrected chi connectivity index (χ2v) is 5.93. The lowest BCUT2D eigenvalue weighted by Gasteiger charge is -2.26. The molecule has 24 heavy (non-hydrogen) atoms. The van der Waals surface area contributed by atoms with Gasteiger partial charge in [-0.2, -0.15) is 0 Å². The maximum atomic E-state index is 13.7. The third kappa shape index (κ3) is 4.29. The average Bonchev–Trinajstić information content (AvgIpc) is 2.73. The molecule has 1 saturated heterocycles. The summed E-state index contributed by atoms with van der Waals surface area (Å²) in [6.45, 7) is 0.171. The predicted octanol–water partition coefficient (Wildman–Crippen LogP) is 1.95. The van der Waals surface area contributed by atoms with Crippen LogP contribution < -0.4 is 0 Å². The molecule has 0 saturated carbocycles. The van der Waals surface area contributed by atoms with Gasteiger partial charge in [-0.25, -0.2) is 8.78 Å². The standard InChI is InChI=1S/C17H22F2N2O3/c1-20(10-12-13(18)6-5-7-14(12)19)16(22)11-21-9-4-3-8-15(24-2)17(21)23/h5-7,15H,3-4,8-11H2,1-2H3. The Labute approximate surface area is 140 Å². The van der Waals surface area contributed by atoms with Gasteiger partial charge in [0.05, 0.1) is 13.1 Å². The molecule has 5 nitrogen and oxygen atoms in total. The molecule has 2 amide bonds. The number of halogens is 2. The molecule has 1 aliphatic rings. The summed E-state index contributed by atoms with van der Waals surface area (Å²) >= 11 is 0. The highest BCUT2D eigenvalue weighted by Crippen LogP contribution is 2.16. The van der Waals surface area contributed by atoms with Crippen molar-refractivity contribution < 1.29 is 23.1 Å². The summed E-state index contributed by atoms with van der Waals surface area (Å²) in [6.07, 6.45) is 1.75. The summed E-state index contributed by atoms with van der Waals surface area (Å²) in [6, 6.07) is 3.58. The van der Waals surface area contributed by atoms with Gasteiger partial charge in [-0.3, -0.25) is 9.59 Å². The second-order valence-electron chi connectivity index (χ2n) is 5.93. The maximum Gasteiger partial charge on any atom is 0.252 e. The van der Waals surface area contributed by atoms with E-state index in [1.807, 2.05) is 0 Å². The highest BCUT2D eigenvalue weighted by Gasteiger charge is 2.29. The van der Waals surface area contributed by atoms with Crippen molar-refractivity contribution in [1.82, 2.24) is 9.80 Å². The zero-order valence-corrected chi connectivity index (χ0v) is 13.9. The Morgan fingerprint density at radius 3 is 2.62 bits per heavy atom. The van der Waals surface area contributed by atoms with Crippen molar-refractivity contribution in [3.8, 4) is 0 Å². The first kappa shape index (κ1) is 18.3. The SMILES string of the molecule is COC1CCCCN(CC(=O)N(C)Cc2c(F)cccc2F)C1=O. The third-order valence-electron chi connectivity index (χ3n) is 4.22. The molecule has 0 radical (unpaired) electrons. The molecule has 1 fully saturated rings. The summed E-state index contributed by atoms with van der Waals surface area (Å²) < 4.78 is 32.5. The largest absolute Gasteiger partial charge is 0.372 e. The van der Waals surface area contributed by atoms with E-state index in [-0.39, 0.29) is 30.5 Å². The summed E-state index contributed by atoms with van der Waals surface area (Å²) in [7, 11) is 2.94. The van der Waals surface area contributed by atoms with E-state index in [2.05, 4.69) is 0 Å². The Balaban J connectivity index is 2.01. The Morgan fingerprint density at radius 1 is 1.33 bits per heavy atom. The number of amides is 2. The summed E-state index contributed by atoms with van der Waals surface area (Å²) in [5, 5.41) is 0. The van der Waals surface area contributed by atoms with Crippen molar-refractivity contribution in [2.45, 2.75) is 31.9 Å². The Bertz CT molecular complexity index is 589. The van der Waals surface area contributed by atoms with E-state index in [0.29, 0.717) is 13.0 Å². The molecule has 0 spiro atoms. The first-order valence-electron chi connectivity index (χ1n) is 7.92. The second kappa shape index (κ2) is 8.19. The van der Waals surface area contributed by atoms with Gasteiger partial charge >= 0.3 is 0 Å². The van der Waals surface area contributed by atoms with E-state index in [0.717, 1.165) is 25.0 Å². The number of methoxy groups -OCH3 is 1. The van der Waals surface area contributed by atoms with Crippen LogP contribution in [0.3, 0.4) is 0 Å². The lowest BCUT2D eigenvalue weighted by molar-refractivity contribution is -0.146. The molecule has 0 aromatic heterocycles. The summed E-state index contributed by atoms with van der Waals surface area (Å²) in [5.41, 5.74) is -0.162. The number of rotatable bonds is 5. The van der Waals surface area contributed by atoms with E-state index in [9.17, 15) is 18.4 Å². The number of carbonyl (C=O) groups is 2. The van der Waals surface area contributed by atoms with Gasteiger partial charge in [0, 0.05) is 26.3 Å². The van der Waals surface area contributed by atoms with Crippen LogP contribution in [0.5, 0.6) is 0 Å². The fourth-order valence-corrected chi connectivity index (χ4v) is 2.74. The van der Waals surface area contributed by atoms with E-state index in [1.165, 1.54) is 30.0 Å². The lowest BCUT2D eigenvalue weighted by Crippen LogP contribution is -2.45. The predicted molar refractivity (Wildman–Crippen MR) is 84.1 cm³/mol. The first-order chi connectivity index (χ1) is 11.4. The molecule has 1 atom stereocenters. The van der Waals surface area contributed by atoms with Crippen molar-refractivity contribution in [3.63, 3.8) is 0 Å². The number of carbonyl (C=O) groups excluding carboxylic acids is 2. The van der Waals surface area contributed by atoms with Crippen LogP contribution in [0.2, 0.25) is 0 Å². The van der Waals surface area contributed by atoms with Gasteiger partial charge in [-0.15, -0.1) is 0 Å². The molecule has 1 aromatic carbocycles. The van der Waals surface area contributed by atoms with Gasteiger partial charge in [-0.1, -0.05) is 6.07 Å². The number of nitrogens with zero attached hydrogens (tertiary/aromatic N) is 2. The zero-order valence-electron chi connectivity index (χ0n) is 13.9. The van der Waals surface area contributed by atoms with Crippen molar-refractivity contribution in [1.29, 1.82) is 0 Å². The fourth-order valence-electron chi connectivity index (χ4n) is 2.74. The van der Waals surface area contributed by atoms with Gasteiger partial charge in [0.15, 0.2) is 0 Å². The Kier molecular flexibility index (Phi) is 6.25. The minimum Gasteiger partial charge on any atom is -0.372 e. The number of ether oxygens (including phenoxy) is 1. The highest BCUT2D eigenvalue weighted by atomic mass is 19.1. The number of likely N-dealkylation sites (tertiary alicyclic amines) is 1. The molecule has 7 heteroatoms. The van der Waals surface area contributed by atoms with Crippen LogP contribution in [-0.4, -0.2) is 55.0 Å². The summed E-state index contributed by atoms with van der Waals surface area (Å²) in [4.78, 5) is 27.3. The number of likely N-dealkylation sites (N-methyl/N-ethyl adjacent to an activating group) is 1. The van der Waals surface area contributed by atoms with E-state index in [1.54, 1.807) is 0 Å². The normalized spacial score (nSPS) is 18.4. The average molecular weight is 340 g/mol. The number of hydrogen-bond donors (Lipinski definition) is 0. The van der Waals surface area contributed by atoms with Crippen LogP contribution in [-0.2, 0) is 20.9 Å². The molecular weight excluding hydrogens is 318 g/mol. The van der Waals surface area contributed by atoms with E-state index < -0.39 is 17.7 Å².